The van der Waals surface area contributed by atoms with Crippen molar-refractivity contribution in [1.82, 2.24) is 0 Å². The van der Waals surface area contributed by atoms with Crippen LogP contribution in [0.4, 0.5) is 0 Å². The third kappa shape index (κ3) is 4.59. The second kappa shape index (κ2) is 7.80. The lowest BCUT2D eigenvalue weighted by atomic mass is 9.75. The van der Waals surface area contributed by atoms with Crippen LogP contribution in [0.15, 0.2) is 30.3 Å². The van der Waals surface area contributed by atoms with Crippen LogP contribution in [0.5, 0.6) is 0 Å². The van der Waals surface area contributed by atoms with E-state index in [-0.39, 0.29) is 18.0 Å². The highest BCUT2D eigenvalue weighted by Gasteiger charge is 2.33. The van der Waals surface area contributed by atoms with Gasteiger partial charge in [-0.1, -0.05) is 64.4 Å². The molecular formula is C20H30O2. The van der Waals surface area contributed by atoms with E-state index in [1.54, 1.807) is 0 Å². The number of carbonyl (C=O) groups excluding carboxylic acids is 1. The molecule has 1 aromatic rings. The number of benzene rings is 1. The van der Waals surface area contributed by atoms with Gasteiger partial charge in [0.25, 0.3) is 0 Å². The zero-order chi connectivity index (χ0) is 16.1. The summed E-state index contributed by atoms with van der Waals surface area (Å²) in [5, 5.41) is 0. The number of ether oxygens (including phenoxy) is 1. The average molecular weight is 302 g/mol. The molecule has 0 saturated heterocycles. The summed E-state index contributed by atoms with van der Waals surface area (Å²) in [4.78, 5) is 12.3. The summed E-state index contributed by atoms with van der Waals surface area (Å²) in [6.07, 6.45) is 4.05. The Bertz CT molecular complexity index is 466. The molecule has 1 aliphatic carbocycles. The van der Waals surface area contributed by atoms with Crippen molar-refractivity contribution >= 4 is 5.97 Å². The summed E-state index contributed by atoms with van der Waals surface area (Å²) >= 11 is 0. The van der Waals surface area contributed by atoms with Crippen molar-refractivity contribution in [3.8, 4) is 0 Å². The molecular weight excluding hydrogens is 272 g/mol. The lowest BCUT2D eigenvalue weighted by Crippen LogP contribution is -2.36. The van der Waals surface area contributed by atoms with E-state index in [1.165, 1.54) is 18.4 Å². The van der Waals surface area contributed by atoms with Gasteiger partial charge in [-0.15, -0.1) is 0 Å². The topological polar surface area (TPSA) is 26.3 Å². The largest absolute Gasteiger partial charge is 0.462 e. The minimum atomic E-state index is -0.0406. The molecule has 2 rings (SSSR count). The first-order chi connectivity index (χ1) is 10.5. The molecule has 0 heterocycles. The highest BCUT2D eigenvalue weighted by molar-refractivity contribution is 5.70. The molecule has 0 amide bonds. The Morgan fingerprint density at radius 1 is 1.18 bits per heavy atom. The van der Waals surface area contributed by atoms with Crippen molar-refractivity contribution in [2.45, 2.75) is 65.4 Å². The molecule has 0 spiro atoms. The number of rotatable bonds is 5. The lowest BCUT2D eigenvalue weighted by Gasteiger charge is -2.36. The summed E-state index contributed by atoms with van der Waals surface area (Å²) in [6.45, 7) is 8.85. The van der Waals surface area contributed by atoms with Gasteiger partial charge < -0.3 is 4.74 Å². The second-order valence-electron chi connectivity index (χ2n) is 7.37. The summed E-state index contributed by atoms with van der Waals surface area (Å²) in [5.41, 5.74) is 1.21. The van der Waals surface area contributed by atoms with Gasteiger partial charge in [0, 0.05) is 0 Å². The van der Waals surface area contributed by atoms with Crippen molar-refractivity contribution in [1.29, 1.82) is 0 Å². The van der Waals surface area contributed by atoms with Gasteiger partial charge in [-0.2, -0.15) is 0 Å². The first-order valence-corrected chi connectivity index (χ1v) is 8.71. The molecule has 2 heteroatoms. The molecule has 122 valence electrons. The smallest absolute Gasteiger partial charge is 0.306 e. The highest BCUT2D eigenvalue weighted by Crippen LogP contribution is 2.35. The molecule has 0 bridgehead atoms. The van der Waals surface area contributed by atoms with Crippen LogP contribution in [0.1, 0.15) is 64.9 Å². The monoisotopic (exact) mass is 302 g/mol. The normalized spacial score (nSPS) is 26.7. The van der Waals surface area contributed by atoms with E-state index in [0.717, 1.165) is 6.42 Å². The van der Waals surface area contributed by atoms with Crippen LogP contribution in [0.3, 0.4) is 0 Å². The van der Waals surface area contributed by atoms with Gasteiger partial charge in [0.2, 0.25) is 0 Å². The zero-order valence-corrected chi connectivity index (χ0v) is 14.4. The zero-order valence-electron chi connectivity index (χ0n) is 14.4. The van der Waals surface area contributed by atoms with E-state index in [0.29, 0.717) is 24.2 Å². The van der Waals surface area contributed by atoms with Gasteiger partial charge in [-0.25, -0.2) is 0 Å². The number of esters is 1. The molecule has 1 saturated carbocycles. The molecule has 0 aromatic heterocycles. The maximum atomic E-state index is 12.3. The third-order valence-electron chi connectivity index (χ3n) is 5.09. The maximum Gasteiger partial charge on any atom is 0.306 e. The first kappa shape index (κ1) is 17.1. The van der Waals surface area contributed by atoms with Crippen LogP contribution >= 0.6 is 0 Å². The Balaban J connectivity index is 1.92. The van der Waals surface area contributed by atoms with E-state index < -0.39 is 0 Å². The molecule has 2 nitrogen and oxygen atoms in total. The predicted octanol–water partition coefficient (Wildman–Crippen LogP) is 5.18. The Morgan fingerprint density at radius 2 is 1.86 bits per heavy atom. The van der Waals surface area contributed by atoms with Crippen molar-refractivity contribution in [2.24, 2.45) is 17.8 Å². The molecule has 1 aliphatic rings. The van der Waals surface area contributed by atoms with Crippen molar-refractivity contribution in [3.63, 3.8) is 0 Å². The van der Waals surface area contributed by atoms with Gasteiger partial charge in [0.05, 0.1) is 6.42 Å². The fourth-order valence-electron chi connectivity index (χ4n) is 3.62. The molecule has 1 aromatic carbocycles. The van der Waals surface area contributed by atoms with Gasteiger partial charge in [0.15, 0.2) is 0 Å². The standard InChI is InChI=1S/C20H30O2/c1-14(2)18-11-10-15(3)12-19(18)22-20(21)13-16(4)17-8-6-5-7-9-17/h5-9,14-16,18-19H,10-13H2,1-4H3. The van der Waals surface area contributed by atoms with Gasteiger partial charge in [-0.3, -0.25) is 4.79 Å². The lowest BCUT2D eigenvalue weighted by molar-refractivity contribution is -0.156. The fraction of sp³-hybridized carbons (Fsp3) is 0.650. The Kier molecular flexibility index (Phi) is 6.05. The van der Waals surface area contributed by atoms with E-state index in [9.17, 15) is 4.79 Å². The molecule has 0 radical (unpaired) electrons. The van der Waals surface area contributed by atoms with E-state index >= 15 is 0 Å². The maximum absolute atomic E-state index is 12.3. The first-order valence-electron chi connectivity index (χ1n) is 8.71. The summed E-state index contributed by atoms with van der Waals surface area (Å²) in [7, 11) is 0. The van der Waals surface area contributed by atoms with Gasteiger partial charge in [-0.05, 0) is 42.1 Å². The minimum absolute atomic E-state index is 0.0406. The molecule has 22 heavy (non-hydrogen) atoms. The number of hydrogen-bond acceptors (Lipinski definition) is 2. The highest BCUT2D eigenvalue weighted by atomic mass is 16.5. The minimum Gasteiger partial charge on any atom is -0.462 e. The third-order valence-corrected chi connectivity index (χ3v) is 5.09. The number of carbonyl (C=O) groups is 1. The quantitative estimate of drug-likeness (QED) is 0.700. The molecule has 0 aliphatic heterocycles. The predicted molar refractivity (Wildman–Crippen MR) is 90.7 cm³/mol. The van der Waals surface area contributed by atoms with Crippen LogP contribution in [-0.4, -0.2) is 12.1 Å². The van der Waals surface area contributed by atoms with Crippen molar-refractivity contribution < 1.29 is 9.53 Å². The van der Waals surface area contributed by atoms with E-state index in [2.05, 4.69) is 39.8 Å². The molecule has 0 N–H and O–H groups in total. The molecule has 1 fully saturated rings. The van der Waals surface area contributed by atoms with Crippen LogP contribution in [-0.2, 0) is 9.53 Å². The second-order valence-corrected chi connectivity index (χ2v) is 7.37. The summed E-state index contributed by atoms with van der Waals surface area (Å²) < 4.78 is 5.89. The Hall–Kier alpha value is -1.31. The van der Waals surface area contributed by atoms with Crippen LogP contribution in [0.2, 0.25) is 0 Å². The Morgan fingerprint density at radius 3 is 2.50 bits per heavy atom. The molecule has 4 atom stereocenters. The van der Waals surface area contributed by atoms with E-state index in [4.69, 9.17) is 4.74 Å². The SMILES string of the molecule is CC1CCC(C(C)C)C(OC(=O)CC(C)c2ccccc2)C1. The average Bonchev–Trinajstić information content (AvgIpc) is 2.47. The van der Waals surface area contributed by atoms with Crippen LogP contribution in [0, 0.1) is 17.8 Å². The van der Waals surface area contributed by atoms with E-state index in [1.807, 2.05) is 18.2 Å². The van der Waals surface area contributed by atoms with Gasteiger partial charge in [0.1, 0.15) is 6.10 Å². The fourth-order valence-corrected chi connectivity index (χ4v) is 3.62. The van der Waals surface area contributed by atoms with Crippen molar-refractivity contribution in [3.05, 3.63) is 35.9 Å². The number of hydrogen-bond donors (Lipinski definition) is 0. The Labute approximate surface area is 135 Å². The van der Waals surface area contributed by atoms with Crippen molar-refractivity contribution in [2.75, 3.05) is 0 Å². The van der Waals surface area contributed by atoms with Gasteiger partial charge >= 0.3 is 5.97 Å². The summed E-state index contributed by atoms with van der Waals surface area (Å²) in [6, 6.07) is 10.2. The summed E-state index contributed by atoms with van der Waals surface area (Å²) in [5.74, 6) is 1.94. The van der Waals surface area contributed by atoms with Crippen LogP contribution in [0.25, 0.3) is 0 Å². The molecule has 4 unspecified atom stereocenters. The van der Waals surface area contributed by atoms with Crippen LogP contribution < -0.4 is 0 Å².